The van der Waals surface area contributed by atoms with Crippen molar-refractivity contribution in [3.8, 4) is 0 Å². The minimum Gasteiger partial charge on any atom is -0.394 e. The van der Waals surface area contributed by atoms with Crippen LogP contribution in [0, 0.1) is 0 Å². The van der Waals surface area contributed by atoms with E-state index in [2.05, 4.69) is 4.98 Å². The lowest BCUT2D eigenvalue weighted by molar-refractivity contribution is -0.132. The van der Waals surface area contributed by atoms with Crippen molar-refractivity contribution in [2.24, 2.45) is 0 Å². The van der Waals surface area contributed by atoms with Crippen LogP contribution in [0.5, 0.6) is 0 Å². The molecule has 1 aliphatic rings. The van der Waals surface area contributed by atoms with Crippen LogP contribution in [-0.2, 0) is 11.3 Å². The Morgan fingerprint density at radius 2 is 2.44 bits per heavy atom. The first-order valence-corrected chi connectivity index (χ1v) is 5.67. The molecule has 1 aromatic rings. The molecule has 1 N–H and O–H groups in total. The topological polar surface area (TPSA) is 58.4 Å². The number of amides is 1. The van der Waals surface area contributed by atoms with E-state index in [9.17, 15) is 4.79 Å². The maximum atomic E-state index is 11.9. The van der Waals surface area contributed by atoms with Crippen LogP contribution in [0.4, 0.5) is 0 Å². The second-order valence-electron chi connectivity index (χ2n) is 4.12. The molecule has 2 rings (SSSR count). The normalized spacial score (nSPS) is 20.3. The molecule has 1 fully saturated rings. The number of aryl methyl sites for hydroxylation is 1. The van der Waals surface area contributed by atoms with E-state index in [1.807, 2.05) is 10.8 Å². The number of nitrogens with zero attached hydrogens (tertiary/aromatic N) is 3. The summed E-state index contributed by atoms with van der Waals surface area (Å²) >= 11 is 0. The summed E-state index contributed by atoms with van der Waals surface area (Å²) in [4.78, 5) is 17.6. The number of rotatable bonds is 4. The Morgan fingerprint density at radius 3 is 3.12 bits per heavy atom. The minimum absolute atomic E-state index is 0.0373. The molecule has 0 radical (unpaired) electrons. The van der Waals surface area contributed by atoms with Crippen molar-refractivity contribution in [1.29, 1.82) is 0 Å². The minimum atomic E-state index is 0.0373. The summed E-state index contributed by atoms with van der Waals surface area (Å²) in [6, 6.07) is 0.0373. The molecule has 0 spiro atoms. The molecule has 1 unspecified atom stereocenters. The van der Waals surface area contributed by atoms with Crippen LogP contribution in [0.3, 0.4) is 0 Å². The van der Waals surface area contributed by atoms with E-state index < -0.39 is 0 Å². The Morgan fingerprint density at radius 1 is 1.56 bits per heavy atom. The van der Waals surface area contributed by atoms with Crippen LogP contribution in [0.2, 0.25) is 0 Å². The lowest BCUT2D eigenvalue weighted by Gasteiger charge is -2.23. The number of aromatic nitrogens is 2. The first-order chi connectivity index (χ1) is 7.81. The fraction of sp³-hybridized carbons (Fsp3) is 0.636. The number of imidazole rings is 1. The van der Waals surface area contributed by atoms with E-state index in [-0.39, 0.29) is 18.6 Å². The Labute approximate surface area is 94.7 Å². The number of aliphatic hydroxyl groups excluding tert-OH is 1. The lowest BCUT2D eigenvalue weighted by Crippen LogP contribution is -2.37. The average Bonchev–Trinajstić information content (AvgIpc) is 2.96. The van der Waals surface area contributed by atoms with Gasteiger partial charge in [-0.1, -0.05) is 0 Å². The van der Waals surface area contributed by atoms with Gasteiger partial charge in [0.1, 0.15) is 0 Å². The average molecular weight is 223 g/mol. The van der Waals surface area contributed by atoms with Gasteiger partial charge in [0, 0.05) is 31.9 Å². The quantitative estimate of drug-likeness (QED) is 0.796. The molecule has 5 heteroatoms. The third-order valence-corrected chi connectivity index (χ3v) is 3.05. The van der Waals surface area contributed by atoms with Gasteiger partial charge in [0.15, 0.2) is 0 Å². The van der Waals surface area contributed by atoms with Crippen molar-refractivity contribution >= 4 is 5.91 Å². The zero-order valence-corrected chi connectivity index (χ0v) is 9.25. The van der Waals surface area contributed by atoms with E-state index in [1.54, 1.807) is 17.4 Å². The molecule has 0 aromatic carbocycles. The van der Waals surface area contributed by atoms with E-state index in [4.69, 9.17) is 5.11 Å². The summed E-state index contributed by atoms with van der Waals surface area (Å²) < 4.78 is 1.89. The maximum absolute atomic E-state index is 11.9. The van der Waals surface area contributed by atoms with Gasteiger partial charge in [0.05, 0.1) is 19.0 Å². The first kappa shape index (κ1) is 11.1. The number of carbonyl (C=O) groups is 1. The van der Waals surface area contributed by atoms with Crippen molar-refractivity contribution in [2.75, 3.05) is 13.2 Å². The highest BCUT2D eigenvalue weighted by Crippen LogP contribution is 2.17. The second-order valence-corrected chi connectivity index (χ2v) is 4.12. The van der Waals surface area contributed by atoms with Crippen LogP contribution in [0.25, 0.3) is 0 Å². The molecule has 1 aliphatic heterocycles. The number of aliphatic hydroxyl groups is 1. The second kappa shape index (κ2) is 5.12. The number of likely N-dealkylation sites (tertiary alicyclic amines) is 1. The van der Waals surface area contributed by atoms with Crippen molar-refractivity contribution in [3.05, 3.63) is 18.7 Å². The molecule has 0 saturated carbocycles. The molecule has 1 aromatic heterocycles. The summed E-state index contributed by atoms with van der Waals surface area (Å²) in [6.07, 6.45) is 7.67. The molecular formula is C11H17N3O2. The van der Waals surface area contributed by atoms with E-state index in [0.717, 1.165) is 19.4 Å². The van der Waals surface area contributed by atoms with Gasteiger partial charge in [0.25, 0.3) is 0 Å². The molecule has 88 valence electrons. The van der Waals surface area contributed by atoms with Crippen LogP contribution in [0.15, 0.2) is 18.7 Å². The molecule has 0 aliphatic carbocycles. The highest BCUT2D eigenvalue weighted by Gasteiger charge is 2.27. The predicted molar refractivity (Wildman–Crippen MR) is 58.7 cm³/mol. The number of hydrogen-bond acceptors (Lipinski definition) is 3. The van der Waals surface area contributed by atoms with Gasteiger partial charge in [-0.15, -0.1) is 0 Å². The molecule has 2 heterocycles. The van der Waals surface area contributed by atoms with E-state index in [1.165, 1.54) is 0 Å². The monoisotopic (exact) mass is 223 g/mol. The first-order valence-electron chi connectivity index (χ1n) is 5.67. The lowest BCUT2D eigenvalue weighted by atomic mass is 10.2. The molecule has 16 heavy (non-hydrogen) atoms. The summed E-state index contributed by atoms with van der Waals surface area (Å²) in [7, 11) is 0. The van der Waals surface area contributed by atoms with Crippen LogP contribution >= 0.6 is 0 Å². The van der Waals surface area contributed by atoms with Crippen molar-refractivity contribution < 1.29 is 9.90 Å². The van der Waals surface area contributed by atoms with Crippen molar-refractivity contribution in [2.45, 2.75) is 31.8 Å². The fourth-order valence-corrected chi connectivity index (χ4v) is 2.14. The van der Waals surface area contributed by atoms with Gasteiger partial charge in [-0.3, -0.25) is 4.79 Å². The van der Waals surface area contributed by atoms with Crippen LogP contribution in [0.1, 0.15) is 19.3 Å². The molecule has 1 atom stereocenters. The Hall–Kier alpha value is -1.36. The fourth-order valence-electron chi connectivity index (χ4n) is 2.14. The summed E-state index contributed by atoms with van der Waals surface area (Å²) in [6.45, 7) is 1.53. The third-order valence-electron chi connectivity index (χ3n) is 3.05. The van der Waals surface area contributed by atoms with Crippen LogP contribution < -0.4 is 0 Å². The third kappa shape index (κ3) is 2.41. The highest BCUT2D eigenvalue weighted by atomic mass is 16.3. The van der Waals surface area contributed by atoms with Crippen molar-refractivity contribution in [3.63, 3.8) is 0 Å². The van der Waals surface area contributed by atoms with Crippen LogP contribution in [-0.4, -0.2) is 44.7 Å². The zero-order chi connectivity index (χ0) is 11.4. The van der Waals surface area contributed by atoms with Gasteiger partial charge < -0.3 is 14.6 Å². The van der Waals surface area contributed by atoms with Crippen molar-refractivity contribution in [1.82, 2.24) is 14.5 Å². The predicted octanol–water partition coefficient (Wildman–Crippen LogP) is 0.257. The van der Waals surface area contributed by atoms with Gasteiger partial charge in [0.2, 0.25) is 5.91 Å². The Kier molecular flexibility index (Phi) is 3.56. The van der Waals surface area contributed by atoms with Gasteiger partial charge >= 0.3 is 0 Å². The molecule has 1 amide bonds. The van der Waals surface area contributed by atoms with E-state index >= 15 is 0 Å². The van der Waals surface area contributed by atoms with Gasteiger partial charge in [-0.2, -0.15) is 0 Å². The zero-order valence-electron chi connectivity index (χ0n) is 9.25. The molecular weight excluding hydrogens is 206 g/mol. The summed E-state index contributed by atoms with van der Waals surface area (Å²) in [5, 5.41) is 9.13. The Bertz CT molecular complexity index is 337. The highest BCUT2D eigenvalue weighted by molar-refractivity contribution is 5.76. The number of hydrogen-bond donors (Lipinski definition) is 1. The Balaban J connectivity index is 1.83. The summed E-state index contributed by atoms with van der Waals surface area (Å²) in [5.41, 5.74) is 0. The smallest absolute Gasteiger partial charge is 0.224 e. The largest absolute Gasteiger partial charge is 0.394 e. The number of carbonyl (C=O) groups excluding carboxylic acids is 1. The molecule has 1 saturated heterocycles. The SMILES string of the molecule is O=C(CCn1ccnc1)N1CCCC1CO. The van der Waals surface area contributed by atoms with Gasteiger partial charge in [-0.25, -0.2) is 4.98 Å². The standard InChI is InChI=1S/C11H17N3O2/c15-8-10-2-1-5-14(10)11(16)3-6-13-7-4-12-9-13/h4,7,9-10,15H,1-3,5-6,8H2. The maximum Gasteiger partial charge on any atom is 0.224 e. The molecule has 0 bridgehead atoms. The van der Waals surface area contributed by atoms with E-state index in [0.29, 0.717) is 13.0 Å². The van der Waals surface area contributed by atoms with Gasteiger partial charge in [-0.05, 0) is 12.8 Å². The molecule has 5 nitrogen and oxygen atoms in total. The summed E-state index contributed by atoms with van der Waals surface area (Å²) in [5.74, 6) is 0.130.